The molecule has 29 heavy (non-hydrogen) atoms. The molecule has 2 aliphatic rings. The van der Waals surface area contributed by atoms with Gasteiger partial charge in [0.1, 0.15) is 5.69 Å². The van der Waals surface area contributed by atoms with Gasteiger partial charge in [0.15, 0.2) is 0 Å². The zero-order valence-electron chi connectivity index (χ0n) is 17.1. The highest BCUT2D eigenvalue weighted by Gasteiger charge is 2.26. The Morgan fingerprint density at radius 1 is 1.31 bits per heavy atom. The Hall–Kier alpha value is -2.30. The number of nitro groups is 1. The molecule has 0 saturated carbocycles. The topological polar surface area (TPSA) is 126 Å². The maximum atomic E-state index is 13.9. The van der Waals surface area contributed by atoms with Gasteiger partial charge >= 0.3 is 11.7 Å². The highest BCUT2D eigenvalue weighted by Crippen LogP contribution is 2.30. The molecule has 0 aromatic heterocycles. The Morgan fingerprint density at radius 3 is 2.28 bits per heavy atom. The first-order valence-corrected chi connectivity index (χ1v) is 9.78. The van der Waals surface area contributed by atoms with E-state index in [0.717, 1.165) is 25.5 Å². The fourth-order valence-corrected chi connectivity index (χ4v) is 2.39. The highest BCUT2D eigenvalue weighted by molar-refractivity contribution is 5.91. The Balaban J connectivity index is 0.000000442. The summed E-state index contributed by atoms with van der Waals surface area (Å²) in [5.41, 5.74) is 4.39. The van der Waals surface area contributed by atoms with Crippen molar-refractivity contribution >= 4 is 17.3 Å². The molecule has 2 aliphatic heterocycles. The van der Waals surface area contributed by atoms with Gasteiger partial charge in [0, 0.05) is 26.3 Å². The number of carbonyl (C=O) groups excluding carboxylic acids is 1. The van der Waals surface area contributed by atoms with Gasteiger partial charge in [-0.3, -0.25) is 10.1 Å². The van der Waals surface area contributed by atoms with E-state index in [2.05, 4.69) is 5.32 Å². The van der Waals surface area contributed by atoms with Crippen LogP contribution in [0.4, 0.5) is 15.8 Å². The number of nitrogens with one attached hydrogen (secondary N) is 1. The van der Waals surface area contributed by atoms with E-state index in [1.807, 2.05) is 13.8 Å². The molecule has 0 radical (unpaired) electrons. The predicted octanol–water partition coefficient (Wildman–Crippen LogP) is 2.87. The van der Waals surface area contributed by atoms with Gasteiger partial charge in [-0.05, 0) is 31.9 Å². The minimum Gasteiger partial charge on any atom is -0.462 e. The van der Waals surface area contributed by atoms with E-state index in [1.54, 1.807) is 6.92 Å². The fourth-order valence-electron chi connectivity index (χ4n) is 2.39. The largest absolute Gasteiger partial charge is 0.462 e. The third-order valence-electron chi connectivity index (χ3n) is 4.13. The van der Waals surface area contributed by atoms with Crippen LogP contribution < -0.4 is 11.1 Å². The maximum absolute atomic E-state index is 13.9. The second kappa shape index (κ2) is 13.0. The third-order valence-corrected chi connectivity index (χ3v) is 4.13. The molecule has 1 aromatic carbocycles. The van der Waals surface area contributed by atoms with Crippen molar-refractivity contribution in [1.29, 1.82) is 0 Å². The first-order chi connectivity index (χ1) is 14.0. The van der Waals surface area contributed by atoms with E-state index in [9.17, 15) is 19.3 Å². The number of rotatable bonds is 7. The Labute approximate surface area is 169 Å². The molecule has 0 bridgehead atoms. The number of anilines is 1. The van der Waals surface area contributed by atoms with Crippen LogP contribution in [0, 0.1) is 15.9 Å². The van der Waals surface area contributed by atoms with Crippen LogP contribution >= 0.6 is 0 Å². The number of esters is 1. The van der Waals surface area contributed by atoms with Crippen LogP contribution in [0.1, 0.15) is 44.0 Å². The van der Waals surface area contributed by atoms with Crippen molar-refractivity contribution in [1.82, 2.24) is 0 Å². The molecule has 2 atom stereocenters. The summed E-state index contributed by atoms with van der Waals surface area (Å²) in [6.45, 7) is 8.32. The zero-order chi connectivity index (χ0) is 21.8. The van der Waals surface area contributed by atoms with Crippen molar-refractivity contribution in [3.05, 3.63) is 33.6 Å². The summed E-state index contributed by atoms with van der Waals surface area (Å²) in [4.78, 5) is 21.8. The van der Waals surface area contributed by atoms with Crippen molar-refractivity contribution < 1.29 is 28.3 Å². The number of nitrogens with two attached hydrogens (primary N) is 1. The van der Waals surface area contributed by atoms with E-state index in [1.165, 1.54) is 6.07 Å². The van der Waals surface area contributed by atoms with Gasteiger partial charge in [-0.1, -0.05) is 13.8 Å². The van der Waals surface area contributed by atoms with Gasteiger partial charge in [-0.25, -0.2) is 4.79 Å². The molecule has 0 spiro atoms. The van der Waals surface area contributed by atoms with Crippen LogP contribution in [-0.2, 0) is 14.2 Å². The molecule has 2 fully saturated rings. The Bertz CT molecular complexity index is 663. The van der Waals surface area contributed by atoms with Crippen molar-refractivity contribution in [2.45, 2.75) is 45.8 Å². The predicted molar refractivity (Wildman–Crippen MR) is 107 cm³/mol. The van der Waals surface area contributed by atoms with Gasteiger partial charge in [-0.15, -0.1) is 0 Å². The average Bonchev–Trinajstić information content (AvgIpc) is 2.61. The van der Waals surface area contributed by atoms with Crippen LogP contribution in [0.5, 0.6) is 0 Å². The summed E-state index contributed by atoms with van der Waals surface area (Å²) >= 11 is 0. The van der Waals surface area contributed by atoms with E-state index in [0.29, 0.717) is 25.8 Å². The summed E-state index contributed by atoms with van der Waals surface area (Å²) < 4.78 is 28.8. The average molecular weight is 415 g/mol. The summed E-state index contributed by atoms with van der Waals surface area (Å²) in [6.07, 6.45) is 2.33. The van der Waals surface area contributed by atoms with E-state index in [4.69, 9.17) is 19.9 Å². The molecule has 9 nitrogen and oxygen atoms in total. The number of carbonyl (C=O) groups is 1. The Morgan fingerprint density at radius 2 is 1.90 bits per heavy atom. The molecule has 2 saturated heterocycles. The van der Waals surface area contributed by atoms with Crippen LogP contribution in [0.3, 0.4) is 0 Å². The second-order valence-corrected chi connectivity index (χ2v) is 6.01. The number of halogens is 1. The van der Waals surface area contributed by atoms with Crippen LogP contribution in [0.2, 0.25) is 0 Å². The number of hydrogen-bond acceptors (Lipinski definition) is 8. The lowest BCUT2D eigenvalue weighted by molar-refractivity contribution is -0.386. The minimum atomic E-state index is -1.08. The first-order valence-electron chi connectivity index (χ1n) is 9.78. The highest BCUT2D eigenvalue weighted by atomic mass is 19.1. The summed E-state index contributed by atoms with van der Waals surface area (Å²) in [5.74, 6) is -1.81. The SMILES string of the molecule is CC.CCOC(=O)c1cc(F)c([N+](=O)[O-])c(NCC2CCO2)c1.NCC1CCO1. The van der Waals surface area contributed by atoms with Crippen LogP contribution in [0.25, 0.3) is 0 Å². The number of benzene rings is 1. The molecular formula is C19H30FN3O6. The molecule has 0 aliphatic carbocycles. The van der Waals surface area contributed by atoms with E-state index in [-0.39, 0.29) is 24.0 Å². The van der Waals surface area contributed by atoms with Crippen LogP contribution in [-0.4, -0.2) is 56.0 Å². The lowest BCUT2D eigenvalue weighted by Gasteiger charge is -2.26. The first kappa shape index (κ1) is 24.7. The lowest BCUT2D eigenvalue weighted by atomic mass is 10.1. The Kier molecular flexibility index (Phi) is 11.1. The normalized spacial score (nSPS) is 19.2. The van der Waals surface area contributed by atoms with Gasteiger partial charge < -0.3 is 25.3 Å². The number of ether oxygens (including phenoxy) is 3. The zero-order valence-corrected chi connectivity index (χ0v) is 17.1. The minimum absolute atomic E-state index is 0.0566. The molecule has 2 unspecified atom stereocenters. The number of nitrogens with zero attached hydrogens (tertiary/aromatic N) is 1. The number of nitro benzene ring substituents is 1. The van der Waals surface area contributed by atoms with Gasteiger partial charge in [0.2, 0.25) is 5.82 Å². The molecule has 3 rings (SSSR count). The van der Waals surface area contributed by atoms with Crippen molar-refractivity contribution in [2.75, 3.05) is 38.2 Å². The van der Waals surface area contributed by atoms with Crippen molar-refractivity contribution in [3.63, 3.8) is 0 Å². The van der Waals surface area contributed by atoms with Gasteiger partial charge in [0.05, 0.1) is 29.3 Å². The molecule has 10 heteroatoms. The summed E-state index contributed by atoms with van der Waals surface area (Å²) in [6, 6.07) is 2.03. The molecular weight excluding hydrogens is 385 g/mol. The fraction of sp³-hybridized carbons (Fsp3) is 0.632. The monoisotopic (exact) mass is 415 g/mol. The van der Waals surface area contributed by atoms with Crippen LogP contribution in [0.15, 0.2) is 12.1 Å². The smallest absolute Gasteiger partial charge is 0.338 e. The maximum Gasteiger partial charge on any atom is 0.338 e. The summed E-state index contributed by atoms with van der Waals surface area (Å²) in [5, 5.41) is 13.7. The van der Waals surface area contributed by atoms with Gasteiger partial charge in [0.25, 0.3) is 0 Å². The molecule has 164 valence electrons. The molecule has 2 heterocycles. The molecule has 3 N–H and O–H groups in total. The quantitative estimate of drug-likeness (QED) is 0.395. The number of hydrogen-bond donors (Lipinski definition) is 2. The molecule has 0 amide bonds. The second-order valence-electron chi connectivity index (χ2n) is 6.01. The van der Waals surface area contributed by atoms with E-state index >= 15 is 0 Å². The standard InChI is InChI=1S/C13H15FN2O5.C4H9NO.C2H6/c1-2-20-13(17)8-5-10(14)12(16(18)19)11(6-8)15-7-9-3-4-21-9;5-3-4-1-2-6-4;1-2/h5-6,9,15H,2-4,7H2,1H3;4H,1-3,5H2;1-2H3. The van der Waals surface area contributed by atoms with Gasteiger partial charge in [-0.2, -0.15) is 4.39 Å². The summed E-state index contributed by atoms with van der Waals surface area (Å²) in [7, 11) is 0. The van der Waals surface area contributed by atoms with E-state index < -0.39 is 22.4 Å². The van der Waals surface area contributed by atoms with Crippen molar-refractivity contribution in [3.8, 4) is 0 Å². The lowest BCUT2D eigenvalue weighted by Crippen LogP contribution is -2.33. The third kappa shape index (κ3) is 7.56. The molecule has 1 aromatic rings. The van der Waals surface area contributed by atoms with Crippen molar-refractivity contribution in [2.24, 2.45) is 5.73 Å².